The average Bonchev–Trinajstić information content (AvgIpc) is 3.21. The van der Waals surface area contributed by atoms with Crippen molar-refractivity contribution < 1.29 is 34.8 Å². The van der Waals surface area contributed by atoms with Crippen molar-refractivity contribution >= 4 is 40.4 Å². The Hall–Kier alpha value is -5.26. The molecule has 7 N–H and O–H groups in total. The Bertz CT molecular complexity index is 1560. The summed E-state index contributed by atoms with van der Waals surface area (Å²) < 4.78 is 1.82. The SMILES string of the molecule is O=C1CCC(Nc2nc3cc(C(=O)Nc4cc(O)c(O)c(O)c4)ccc3n2Cc2ccc(O)cc2)C(=O)N1. The van der Waals surface area contributed by atoms with Crippen molar-refractivity contribution in [2.75, 3.05) is 10.6 Å². The molecule has 1 atom stereocenters. The van der Waals surface area contributed by atoms with Crippen LogP contribution in [0.15, 0.2) is 54.6 Å². The van der Waals surface area contributed by atoms with Crippen LogP contribution in [0.4, 0.5) is 11.6 Å². The number of carbonyl (C=O) groups is 3. The third-order valence-electron chi connectivity index (χ3n) is 6.16. The van der Waals surface area contributed by atoms with E-state index in [0.717, 1.165) is 17.7 Å². The number of aromatic nitrogens is 2. The third kappa shape index (κ3) is 4.87. The van der Waals surface area contributed by atoms with Crippen LogP contribution in [0.3, 0.4) is 0 Å². The molecule has 1 aliphatic heterocycles. The minimum absolute atomic E-state index is 0.0703. The molecule has 3 aromatic carbocycles. The maximum Gasteiger partial charge on any atom is 0.255 e. The fourth-order valence-corrected chi connectivity index (χ4v) is 4.19. The lowest BCUT2D eigenvalue weighted by Gasteiger charge is -2.22. The number of imidazole rings is 1. The first kappa shape index (κ1) is 24.4. The smallest absolute Gasteiger partial charge is 0.255 e. The van der Waals surface area contributed by atoms with Gasteiger partial charge < -0.3 is 35.6 Å². The average molecular weight is 517 g/mol. The fraction of sp³-hybridized carbons (Fsp3) is 0.154. The predicted molar refractivity (Wildman–Crippen MR) is 136 cm³/mol. The van der Waals surface area contributed by atoms with Gasteiger partial charge in [0.25, 0.3) is 5.91 Å². The number of hydrogen-bond donors (Lipinski definition) is 7. The van der Waals surface area contributed by atoms with Crippen LogP contribution in [-0.4, -0.2) is 53.7 Å². The van der Waals surface area contributed by atoms with Crippen LogP contribution in [0.1, 0.15) is 28.8 Å². The van der Waals surface area contributed by atoms with E-state index in [1.807, 2.05) is 4.57 Å². The lowest BCUT2D eigenvalue weighted by Crippen LogP contribution is -2.47. The Kier molecular flexibility index (Phi) is 6.21. The van der Waals surface area contributed by atoms with Gasteiger partial charge in [0.05, 0.1) is 17.6 Å². The number of nitrogens with one attached hydrogen (secondary N) is 3. The number of phenols is 4. The van der Waals surface area contributed by atoms with E-state index in [0.29, 0.717) is 29.9 Å². The standard InChI is InChI=1S/C26H23N5O7/c32-16-4-1-13(2-5-16)12-31-19-7-3-14(24(37)27-15-10-20(33)23(36)21(34)11-15)9-18(19)29-26(31)28-17-6-8-22(35)30-25(17)38/h1-5,7,9-11,17,32-34,36H,6,8,12H2,(H,27,37)(H,28,29)(H,30,35,38). The zero-order valence-corrected chi connectivity index (χ0v) is 19.8. The second-order valence-electron chi connectivity index (χ2n) is 8.86. The molecule has 0 spiro atoms. The molecule has 1 saturated heterocycles. The van der Waals surface area contributed by atoms with Crippen LogP contribution >= 0.6 is 0 Å². The fourth-order valence-electron chi connectivity index (χ4n) is 4.19. The van der Waals surface area contributed by atoms with Crippen molar-refractivity contribution in [3.05, 3.63) is 65.7 Å². The molecule has 3 amide bonds. The van der Waals surface area contributed by atoms with Gasteiger partial charge in [0.15, 0.2) is 17.2 Å². The molecular formula is C26H23N5O7. The molecule has 12 nitrogen and oxygen atoms in total. The largest absolute Gasteiger partial charge is 0.508 e. The monoisotopic (exact) mass is 517 g/mol. The quantitative estimate of drug-likeness (QED) is 0.114. The highest BCUT2D eigenvalue weighted by Crippen LogP contribution is 2.37. The molecule has 0 saturated carbocycles. The van der Waals surface area contributed by atoms with Crippen molar-refractivity contribution in [3.8, 4) is 23.0 Å². The highest BCUT2D eigenvalue weighted by atomic mass is 16.3. The molecule has 1 unspecified atom stereocenters. The molecule has 38 heavy (non-hydrogen) atoms. The number of carbonyl (C=O) groups excluding carboxylic acids is 3. The number of nitrogens with zero attached hydrogens (tertiary/aromatic N) is 2. The number of fused-ring (bicyclic) bond motifs is 1. The van der Waals surface area contributed by atoms with Gasteiger partial charge >= 0.3 is 0 Å². The molecule has 1 aromatic heterocycles. The van der Waals surface area contributed by atoms with E-state index in [2.05, 4.69) is 20.9 Å². The predicted octanol–water partition coefficient (Wildman–Crippen LogP) is 2.38. The molecular weight excluding hydrogens is 494 g/mol. The van der Waals surface area contributed by atoms with Crippen LogP contribution in [0.5, 0.6) is 23.0 Å². The summed E-state index contributed by atoms with van der Waals surface area (Å²) in [4.78, 5) is 41.4. The molecule has 4 aromatic rings. The number of benzene rings is 3. The van der Waals surface area contributed by atoms with Gasteiger partial charge in [-0.1, -0.05) is 12.1 Å². The van der Waals surface area contributed by atoms with Crippen molar-refractivity contribution in [2.45, 2.75) is 25.4 Å². The van der Waals surface area contributed by atoms with Gasteiger partial charge in [0.2, 0.25) is 17.8 Å². The topological polar surface area (TPSA) is 186 Å². The van der Waals surface area contributed by atoms with Crippen LogP contribution in [-0.2, 0) is 16.1 Å². The summed E-state index contributed by atoms with van der Waals surface area (Å²) >= 11 is 0. The van der Waals surface area contributed by atoms with Crippen LogP contribution in [0.25, 0.3) is 11.0 Å². The molecule has 0 radical (unpaired) electrons. The van der Waals surface area contributed by atoms with Crippen LogP contribution in [0, 0.1) is 0 Å². The molecule has 5 rings (SSSR count). The summed E-state index contributed by atoms with van der Waals surface area (Å²) in [5.41, 5.74) is 2.25. The summed E-state index contributed by atoms with van der Waals surface area (Å²) in [5, 5.41) is 46.5. The molecule has 2 heterocycles. The Morgan fingerprint density at radius 1 is 1.00 bits per heavy atom. The van der Waals surface area contributed by atoms with Crippen molar-refractivity contribution in [2.24, 2.45) is 0 Å². The first-order chi connectivity index (χ1) is 18.2. The molecule has 0 aliphatic carbocycles. The van der Waals surface area contributed by atoms with Crippen molar-refractivity contribution in [1.82, 2.24) is 14.9 Å². The summed E-state index contributed by atoms with van der Waals surface area (Å²) in [6.45, 7) is 0.337. The maximum absolute atomic E-state index is 12.9. The maximum atomic E-state index is 12.9. The van der Waals surface area contributed by atoms with Gasteiger partial charge in [-0.15, -0.1) is 0 Å². The third-order valence-corrected chi connectivity index (χ3v) is 6.16. The van der Waals surface area contributed by atoms with E-state index in [1.54, 1.807) is 42.5 Å². The van der Waals surface area contributed by atoms with Gasteiger partial charge in [-0.3, -0.25) is 19.7 Å². The number of anilines is 2. The molecule has 0 bridgehead atoms. The number of rotatable bonds is 6. The van der Waals surface area contributed by atoms with Gasteiger partial charge in [-0.25, -0.2) is 4.98 Å². The zero-order chi connectivity index (χ0) is 27.0. The van der Waals surface area contributed by atoms with Crippen LogP contribution in [0.2, 0.25) is 0 Å². The molecule has 1 aliphatic rings. The lowest BCUT2D eigenvalue weighted by atomic mass is 10.1. The second kappa shape index (κ2) is 9.65. The first-order valence-electron chi connectivity index (χ1n) is 11.6. The van der Waals surface area contributed by atoms with Crippen molar-refractivity contribution in [1.29, 1.82) is 0 Å². The van der Waals surface area contributed by atoms with E-state index in [-0.39, 0.29) is 29.3 Å². The number of amides is 3. The second-order valence-corrected chi connectivity index (χ2v) is 8.86. The summed E-state index contributed by atoms with van der Waals surface area (Å²) in [6, 6.07) is 12.9. The number of hydrogen-bond acceptors (Lipinski definition) is 9. The Morgan fingerprint density at radius 3 is 2.39 bits per heavy atom. The number of phenolic OH excluding ortho intramolecular Hbond substituents is 4. The molecule has 12 heteroatoms. The lowest BCUT2D eigenvalue weighted by molar-refractivity contribution is -0.133. The van der Waals surface area contributed by atoms with Gasteiger partial charge in [0, 0.05) is 29.8 Å². The molecule has 1 fully saturated rings. The van der Waals surface area contributed by atoms with Gasteiger partial charge in [-0.2, -0.15) is 0 Å². The van der Waals surface area contributed by atoms with E-state index in [4.69, 9.17) is 0 Å². The first-order valence-corrected chi connectivity index (χ1v) is 11.6. The van der Waals surface area contributed by atoms with E-state index in [9.17, 15) is 34.8 Å². The molecule has 194 valence electrons. The van der Waals surface area contributed by atoms with Crippen LogP contribution < -0.4 is 16.0 Å². The van der Waals surface area contributed by atoms with E-state index < -0.39 is 35.1 Å². The Balaban J connectivity index is 1.48. The Morgan fingerprint density at radius 2 is 1.71 bits per heavy atom. The Labute approximate surface area is 215 Å². The number of aromatic hydroxyl groups is 4. The number of imide groups is 1. The highest BCUT2D eigenvalue weighted by molar-refractivity contribution is 6.06. The summed E-state index contributed by atoms with van der Waals surface area (Å²) in [6.07, 6.45) is 0.487. The van der Waals surface area contributed by atoms with E-state index >= 15 is 0 Å². The summed E-state index contributed by atoms with van der Waals surface area (Å²) in [5.74, 6) is -2.74. The van der Waals surface area contributed by atoms with Gasteiger partial charge in [0.1, 0.15) is 11.8 Å². The van der Waals surface area contributed by atoms with E-state index in [1.165, 1.54) is 0 Å². The van der Waals surface area contributed by atoms with Gasteiger partial charge in [-0.05, 0) is 42.3 Å². The number of piperidine rings is 1. The highest BCUT2D eigenvalue weighted by Gasteiger charge is 2.28. The summed E-state index contributed by atoms with van der Waals surface area (Å²) in [7, 11) is 0. The minimum Gasteiger partial charge on any atom is -0.508 e. The van der Waals surface area contributed by atoms with Crippen molar-refractivity contribution in [3.63, 3.8) is 0 Å². The zero-order valence-electron chi connectivity index (χ0n) is 19.8. The normalized spacial score (nSPS) is 15.3. The minimum atomic E-state index is -0.695.